The normalized spacial score (nSPS) is 15.0. The van der Waals surface area contributed by atoms with Gasteiger partial charge in [0.2, 0.25) is 11.8 Å². The van der Waals surface area contributed by atoms with E-state index in [2.05, 4.69) is 41.4 Å². The minimum atomic E-state index is -1.35. The van der Waals surface area contributed by atoms with Crippen LogP contribution in [0.1, 0.15) is 103 Å². The van der Waals surface area contributed by atoms with Gasteiger partial charge in [-0.3, -0.25) is 14.4 Å². The molecule has 7 heteroatoms. The van der Waals surface area contributed by atoms with E-state index in [1.165, 1.54) is 44.1 Å². The zero-order chi connectivity index (χ0) is 38.0. The topological polar surface area (TPSA) is 75.7 Å². The number of hydrogen-bond donors (Lipinski definition) is 1. The molecule has 2 amide bonds. The molecule has 1 aliphatic carbocycles. The Morgan fingerprint density at radius 2 is 1.33 bits per heavy atom. The van der Waals surface area contributed by atoms with Crippen LogP contribution in [-0.4, -0.2) is 24.3 Å². The second-order valence-corrected chi connectivity index (χ2v) is 14.7. The minimum absolute atomic E-state index is 0.0839. The maximum Gasteiger partial charge on any atom is 0.307 e. The number of rotatable bonds is 11. The van der Waals surface area contributed by atoms with Gasteiger partial charge in [0, 0.05) is 52.2 Å². The van der Waals surface area contributed by atoms with Gasteiger partial charge in [-0.05, 0) is 54.2 Å². The highest BCUT2D eigenvalue weighted by atomic mass is 35.5. The minimum Gasteiger partial charge on any atom is -0.444 e. The Balaban J connectivity index is 1.05. The van der Waals surface area contributed by atoms with Crippen LogP contribution in [0.5, 0.6) is 0 Å². The molecular weight excluding hydrogens is 704 g/mol. The SMILES string of the molecule is O=C(CCC(=O)OC(c1ccccc1)(c1ccc(C2CCCCCC2)cc1)c1ccccc1Cl)NCCC(=O)N1Cc2ccccc2C#Cc2ccccc21. The zero-order valence-corrected chi connectivity index (χ0v) is 31.7. The largest absolute Gasteiger partial charge is 0.444 e. The maximum atomic E-state index is 13.9. The predicted molar refractivity (Wildman–Crippen MR) is 218 cm³/mol. The third-order valence-corrected chi connectivity index (χ3v) is 11.1. The van der Waals surface area contributed by atoms with Crippen LogP contribution < -0.4 is 10.2 Å². The number of anilines is 1. The molecule has 1 saturated carbocycles. The predicted octanol–water partition coefficient (Wildman–Crippen LogP) is 9.85. The Labute approximate surface area is 328 Å². The van der Waals surface area contributed by atoms with E-state index in [9.17, 15) is 14.4 Å². The number of carbonyl (C=O) groups is 3. The van der Waals surface area contributed by atoms with Gasteiger partial charge in [-0.25, -0.2) is 0 Å². The molecule has 0 spiro atoms. The number of benzene rings is 5. The summed E-state index contributed by atoms with van der Waals surface area (Å²) in [6.45, 7) is 0.498. The van der Waals surface area contributed by atoms with Crippen molar-refractivity contribution in [3.05, 3.63) is 171 Å². The van der Waals surface area contributed by atoms with Gasteiger partial charge in [-0.2, -0.15) is 0 Å². The molecule has 0 saturated heterocycles. The molecule has 5 aromatic carbocycles. The Morgan fingerprint density at radius 3 is 2.09 bits per heavy atom. The van der Waals surface area contributed by atoms with E-state index in [-0.39, 0.29) is 37.6 Å². The van der Waals surface area contributed by atoms with E-state index in [0.717, 1.165) is 33.5 Å². The van der Waals surface area contributed by atoms with Crippen molar-refractivity contribution < 1.29 is 19.1 Å². The molecule has 0 radical (unpaired) electrons. The summed E-state index contributed by atoms with van der Waals surface area (Å²) in [4.78, 5) is 42.4. The van der Waals surface area contributed by atoms with Crippen molar-refractivity contribution in [3.8, 4) is 11.8 Å². The summed E-state index contributed by atoms with van der Waals surface area (Å²) in [5, 5.41) is 3.31. The molecule has 1 N–H and O–H groups in total. The van der Waals surface area contributed by atoms with E-state index in [1.54, 1.807) is 11.0 Å². The van der Waals surface area contributed by atoms with Crippen molar-refractivity contribution in [2.24, 2.45) is 0 Å². The monoisotopic (exact) mass is 748 g/mol. The highest BCUT2D eigenvalue weighted by Gasteiger charge is 2.42. The molecule has 1 fully saturated rings. The number of nitrogens with zero attached hydrogens (tertiary/aromatic N) is 1. The quantitative estimate of drug-likeness (QED) is 0.0632. The van der Waals surface area contributed by atoms with E-state index in [1.807, 2.05) is 97.1 Å². The summed E-state index contributed by atoms with van der Waals surface area (Å²) in [5.41, 5.74) is 5.46. The molecule has 1 heterocycles. The number of nitrogens with one attached hydrogen (secondary N) is 1. The van der Waals surface area contributed by atoms with Gasteiger partial charge in [0.05, 0.1) is 18.7 Å². The fourth-order valence-corrected chi connectivity index (χ4v) is 8.12. The van der Waals surface area contributed by atoms with Gasteiger partial charge in [0.25, 0.3) is 0 Å². The van der Waals surface area contributed by atoms with Gasteiger partial charge < -0.3 is 15.0 Å². The molecule has 1 unspecified atom stereocenters. The number of para-hydroxylation sites is 1. The fourth-order valence-electron chi connectivity index (χ4n) is 7.85. The molecule has 278 valence electrons. The average molecular weight is 749 g/mol. The summed E-state index contributed by atoms with van der Waals surface area (Å²) in [5.74, 6) is 5.93. The van der Waals surface area contributed by atoms with Crippen LogP contribution >= 0.6 is 11.6 Å². The van der Waals surface area contributed by atoms with Crippen molar-refractivity contribution >= 4 is 35.1 Å². The molecule has 0 aromatic heterocycles. The van der Waals surface area contributed by atoms with E-state index >= 15 is 0 Å². The summed E-state index contributed by atoms with van der Waals surface area (Å²) in [7, 11) is 0. The molecule has 55 heavy (non-hydrogen) atoms. The second kappa shape index (κ2) is 17.7. The Hall–Kier alpha value is -5.64. The van der Waals surface area contributed by atoms with Crippen molar-refractivity contribution in [1.82, 2.24) is 5.32 Å². The summed E-state index contributed by atoms with van der Waals surface area (Å²) in [6.07, 6.45) is 7.21. The molecule has 1 atom stereocenters. The van der Waals surface area contributed by atoms with Crippen molar-refractivity contribution in [2.75, 3.05) is 11.4 Å². The average Bonchev–Trinajstić information content (AvgIpc) is 3.51. The first-order valence-corrected chi connectivity index (χ1v) is 19.7. The highest BCUT2D eigenvalue weighted by molar-refractivity contribution is 6.31. The second-order valence-electron chi connectivity index (χ2n) is 14.3. The fraction of sp³-hybridized carbons (Fsp3) is 0.271. The van der Waals surface area contributed by atoms with Gasteiger partial charge in [0.1, 0.15) is 0 Å². The zero-order valence-electron chi connectivity index (χ0n) is 30.9. The summed E-state index contributed by atoms with van der Waals surface area (Å²) in [6, 6.07) is 40.9. The smallest absolute Gasteiger partial charge is 0.307 e. The van der Waals surface area contributed by atoms with Crippen LogP contribution in [0, 0.1) is 11.8 Å². The molecular formula is C48H45ClN2O4. The Bertz CT molecular complexity index is 2200. The number of ether oxygens (including phenoxy) is 1. The van der Waals surface area contributed by atoms with Crippen LogP contribution in [0.15, 0.2) is 127 Å². The van der Waals surface area contributed by atoms with Crippen molar-refractivity contribution in [1.29, 1.82) is 0 Å². The number of hydrogen-bond acceptors (Lipinski definition) is 4. The van der Waals surface area contributed by atoms with E-state index < -0.39 is 11.6 Å². The lowest BCUT2D eigenvalue weighted by atomic mass is 9.79. The maximum absolute atomic E-state index is 13.9. The highest BCUT2D eigenvalue weighted by Crippen LogP contribution is 2.44. The molecule has 7 rings (SSSR count). The number of carbonyl (C=O) groups excluding carboxylic acids is 3. The van der Waals surface area contributed by atoms with Crippen LogP contribution in [0.2, 0.25) is 5.02 Å². The van der Waals surface area contributed by atoms with Crippen LogP contribution in [0.3, 0.4) is 0 Å². The lowest BCUT2D eigenvalue weighted by molar-refractivity contribution is -0.154. The van der Waals surface area contributed by atoms with Gasteiger partial charge in [-0.15, -0.1) is 0 Å². The third-order valence-electron chi connectivity index (χ3n) is 10.7. The van der Waals surface area contributed by atoms with Crippen LogP contribution in [0.4, 0.5) is 5.69 Å². The van der Waals surface area contributed by atoms with E-state index in [4.69, 9.17) is 16.3 Å². The first kappa shape index (κ1) is 37.7. The molecule has 0 bridgehead atoms. The Kier molecular flexibility index (Phi) is 12.1. The third kappa shape index (κ3) is 8.69. The van der Waals surface area contributed by atoms with Gasteiger partial charge in [0.15, 0.2) is 5.60 Å². The molecule has 5 aromatic rings. The van der Waals surface area contributed by atoms with Crippen LogP contribution in [-0.2, 0) is 31.3 Å². The summed E-state index contributed by atoms with van der Waals surface area (Å²) >= 11 is 6.91. The Morgan fingerprint density at radius 1 is 0.691 bits per heavy atom. The number of fused-ring (bicyclic) bond motifs is 2. The number of halogens is 1. The molecule has 1 aliphatic heterocycles. The molecule has 6 nitrogen and oxygen atoms in total. The van der Waals surface area contributed by atoms with Crippen LogP contribution in [0.25, 0.3) is 0 Å². The van der Waals surface area contributed by atoms with E-state index in [0.29, 0.717) is 23.0 Å². The van der Waals surface area contributed by atoms with Gasteiger partial charge >= 0.3 is 5.97 Å². The molecule has 2 aliphatic rings. The first-order valence-electron chi connectivity index (χ1n) is 19.3. The van der Waals surface area contributed by atoms with Crippen molar-refractivity contribution in [2.45, 2.75) is 75.9 Å². The lowest BCUT2D eigenvalue weighted by Gasteiger charge is -2.36. The van der Waals surface area contributed by atoms with Gasteiger partial charge in [-0.1, -0.05) is 152 Å². The van der Waals surface area contributed by atoms with Crippen molar-refractivity contribution in [3.63, 3.8) is 0 Å². The standard InChI is InChI=1S/C48H45ClN2O4/c49-43-22-12-11-21-42(43)48(40-19-6-3-7-20-40,41-28-26-37(27-29-41)35-14-4-1-2-5-15-35)55-47(54)31-30-45(52)50-33-32-46(53)51-34-39-18-9-8-16-36(39)24-25-38-17-10-13-23-44(38)51/h3,6-13,16-23,26-29,35H,1-2,4-5,14-15,30-34H2,(H,50,52). The summed E-state index contributed by atoms with van der Waals surface area (Å²) < 4.78 is 6.56. The lowest BCUT2D eigenvalue weighted by Crippen LogP contribution is -2.36. The first-order chi connectivity index (χ1) is 26.9. The number of esters is 1. The number of amides is 2.